The van der Waals surface area contributed by atoms with Crippen molar-refractivity contribution in [3.8, 4) is 0 Å². The van der Waals surface area contributed by atoms with E-state index < -0.39 is 17.4 Å². The largest absolute Gasteiger partial charge is 0.465 e. The molecule has 0 spiro atoms. The van der Waals surface area contributed by atoms with Gasteiger partial charge in [-0.15, -0.1) is 0 Å². The summed E-state index contributed by atoms with van der Waals surface area (Å²) in [7, 11) is 1.62. The van der Waals surface area contributed by atoms with Crippen LogP contribution >= 0.6 is 0 Å². The van der Waals surface area contributed by atoms with Crippen LogP contribution in [0.1, 0.15) is 33.6 Å². The summed E-state index contributed by atoms with van der Waals surface area (Å²) in [4.78, 5) is 23.9. The number of hydrogen-bond donors (Lipinski definition) is 0. The summed E-state index contributed by atoms with van der Waals surface area (Å²) in [6.07, 6.45) is 1.00. The summed E-state index contributed by atoms with van der Waals surface area (Å²) in [6, 6.07) is 0. The molecule has 20 heavy (non-hydrogen) atoms. The zero-order chi connectivity index (χ0) is 15.4. The number of carbonyl (C=O) groups is 2. The molecule has 0 amide bonds. The first-order chi connectivity index (χ1) is 9.52. The predicted octanol–water partition coefficient (Wildman–Crippen LogP) is 1.56. The Bertz CT molecular complexity index is 271. The van der Waals surface area contributed by atoms with Crippen molar-refractivity contribution in [3.05, 3.63) is 0 Å². The second kappa shape index (κ2) is 10.6. The van der Waals surface area contributed by atoms with E-state index in [9.17, 15) is 9.59 Å². The molecule has 0 rings (SSSR count). The van der Waals surface area contributed by atoms with E-state index in [-0.39, 0.29) is 26.2 Å². The van der Waals surface area contributed by atoms with Crippen LogP contribution in [0.2, 0.25) is 0 Å². The lowest BCUT2D eigenvalue weighted by molar-refractivity contribution is -0.172. The fraction of sp³-hybridized carbons (Fsp3) is 0.857. The van der Waals surface area contributed by atoms with E-state index in [4.69, 9.17) is 18.9 Å². The molecule has 0 heterocycles. The smallest absolute Gasteiger partial charge is 0.323 e. The lowest BCUT2D eigenvalue weighted by Gasteiger charge is -2.24. The molecule has 0 unspecified atom stereocenters. The SMILES string of the molecule is CCOC(=O)C(C)(CCOCCCOC)C(=O)OCC. The first-order valence-corrected chi connectivity index (χ1v) is 6.94. The molecule has 0 saturated carbocycles. The van der Waals surface area contributed by atoms with Crippen LogP contribution in [0.5, 0.6) is 0 Å². The number of ether oxygens (including phenoxy) is 4. The Morgan fingerprint density at radius 1 is 0.950 bits per heavy atom. The molecule has 0 radical (unpaired) electrons. The van der Waals surface area contributed by atoms with Crippen LogP contribution in [0.15, 0.2) is 0 Å². The van der Waals surface area contributed by atoms with Gasteiger partial charge in [-0.2, -0.15) is 0 Å². The molecule has 0 aliphatic heterocycles. The summed E-state index contributed by atoms with van der Waals surface area (Å²) in [5.41, 5.74) is -1.31. The minimum atomic E-state index is -1.31. The van der Waals surface area contributed by atoms with E-state index in [0.717, 1.165) is 6.42 Å². The van der Waals surface area contributed by atoms with Crippen molar-refractivity contribution in [2.75, 3.05) is 40.1 Å². The van der Waals surface area contributed by atoms with E-state index in [0.29, 0.717) is 13.2 Å². The van der Waals surface area contributed by atoms with Gasteiger partial charge in [0.15, 0.2) is 5.41 Å². The molecule has 6 heteroatoms. The van der Waals surface area contributed by atoms with Gasteiger partial charge >= 0.3 is 11.9 Å². The molecule has 118 valence electrons. The highest BCUT2D eigenvalue weighted by Gasteiger charge is 2.43. The van der Waals surface area contributed by atoms with Gasteiger partial charge in [0.1, 0.15) is 0 Å². The zero-order valence-electron chi connectivity index (χ0n) is 12.9. The average Bonchev–Trinajstić information content (AvgIpc) is 2.42. The highest BCUT2D eigenvalue weighted by atomic mass is 16.6. The number of methoxy groups -OCH3 is 1. The number of carbonyl (C=O) groups excluding carboxylic acids is 2. The Hall–Kier alpha value is -1.14. The summed E-state index contributed by atoms with van der Waals surface area (Å²) >= 11 is 0. The van der Waals surface area contributed by atoms with Gasteiger partial charge in [0.2, 0.25) is 0 Å². The highest BCUT2D eigenvalue weighted by molar-refractivity contribution is 5.99. The quantitative estimate of drug-likeness (QED) is 0.327. The molecule has 0 aromatic heterocycles. The lowest BCUT2D eigenvalue weighted by atomic mass is 9.87. The zero-order valence-corrected chi connectivity index (χ0v) is 12.9. The van der Waals surface area contributed by atoms with Gasteiger partial charge in [0, 0.05) is 26.9 Å². The fourth-order valence-electron chi connectivity index (χ4n) is 1.55. The molecule has 0 aromatic carbocycles. The number of rotatable bonds is 11. The van der Waals surface area contributed by atoms with Gasteiger partial charge < -0.3 is 18.9 Å². The fourth-order valence-corrected chi connectivity index (χ4v) is 1.55. The normalized spacial score (nSPS) is 11.2. The van der Waals surface area contributed by atoms with Crippen LogP contribution in [-0.2, 0) is 28.5 Å². The predicted molar refractivity (Wildman–Crippen MR) is 73.3 cm³/mol. The van der Waals surface area contributed by atoms with E-state index in [1.165, 1.54) is 6.92 Å². The van der Waals surface area contributed by atoms with Gasteiger partial charge in [0.25, 0.3) is 0 Å². The number of hydrogen-bond acceptors (Lipinski definition) is 6. The maximum atomic E-state index is 11.9. The first kappa shape index (κ1) is 18.9. The molecular weight excluding hydrogens is 264 g/mol. The third kappa shape index (κ3) is 6.34. The highest BCUT2D eigenvalue weighted by Crippen LogP contribution is 2.25. The van der Waals surface area contributed by atoms with Crippen LogP contribution in [0, 0.1) is 5.41 Å². The van der Waals surface area contributed by atoms with Gasteiger partial charge in [-0.05, 0) is 33.6 Å². The Balaban J connectivity index is 4.39. The summed E-state index contributed by atoms with van der Waals surface area (Å²) < 4.78 is 20.2. The van der Waals surface area contributed by atoms with Crippen molar-refractivity contribution in [2.45, 2.75) is 33.6 Å². The van der Waals surface area contributed by atoms with Gasteiger partial charge in [0.05, 0.1) is 13.2 Å². The van der Waals surface area contributed by atoms with Crippen LogP contribution in [0.25, 0.3) is 0 Å². The topological polar surface area (TPSA) is 71.1 Å². The summed E-state index contributed by atoms with van der Waals surface area (Å²) in [6.45, 7) is 6.81. The Morgan fingerprint density at radius 3 is 1.95 bits per heavy atom. The molecule has 0 aliphatic carbocycles. The standard InChI is InChI=1S/C14H26O6/c1-5-19-12(15)14(3,13(16)20-6-2)8-11-18-10-7-9-17-4/h5-11H2,1-4H3. The van der Waals surface area contributed by atoms with Gasteiger partial charge in [-0.1, -0.05) is 0 Å². The molecule has 0 atom stereocenters. The molecule has 0 saturated heterocycles. The molecule has 6 nitrogen and oxygen atoms in total. The van der Waals surface area contributed by atoms with Crippen LogP contribution < -0.4 is 0 Å². The van der Waals surface area contributed by atoms with Crippen LogP contribution in [0.3, 0.4) is 0 Å². The maximum Gasteiger partial charge on any atom is 0.323 e. The monoisotopic (exact) mass is 290 g/mol. The number of esters is 2. The van der Waals surface area contributed by atoms with Crippen molar-refractivity contribution in [2.24, 2.45) is 5.41 Å². The van der Waals surface area contributed by atoms with Crippen molar-refractivity contribution in [3.63, 3.8) is 0 Å². The van der Waals surface area contributed by atoms with Crippen molar-refractivity contribution in [1.82, 2.24) is 0 Å². The minimum Gasteiger partial charge on any atom is -0.465 e. The molecule has 0 aliphatic rings. The van der Waals surface area contributed by atoms with Crippen molar-refractivity contribution >= 4 is 11.9 Å². The second-order valence-electron chi connectivity index (χ2n) is 4.48. The van der Waals surface area contributed by atoms with E-state index in [2.05, 4.69) is 0 Å². The van der Waals surface area contributed by atoms with Crippen LogP contribution in [0.4, 0.5) is 0 Å². The molecular formula is C14H26O6. The summed E-state index contributed by atoms with van der Waals surface area (Å²) in [5.74, 6) is -1.14. The molecule has 0 N–H and O–H groups in total. The Labute approximate surface area is 120 Å². The van der Waals surface area contributed by atoms with E-state index in [1.807, 2.05) is 0 Å². The van der Waals surface area contributed by atoms with Gasteiger partial charge in [-0.25, -0.2) is 0 Å². The van der Waals surface area contributed by atoms with Crippen molar-refractivity contribution in [1.29, 1.82) is 0 Å². The third-order valence-corrected chi connectivity index (χ3v) is 2.84. The average molecular weight is 290 g/mol. The third-order valence-electron chi connectivity index (χ3n) is 2.84. The lowest BCUT2D eigenvalue weighted by Crippen LogP contribution is -2.40. The minimum absolute atomic E-state index is 0.225. The van der Waals surface area contributed by atoms with Crippen LogP contribution in [-0.4, -0.2) is 52.1 Å². The van der Waals surface area contributed by atoms with E-state index in [1.54, 1.807) is 21.0 Å². The van der Waals surface area contributed by atoms with Gasteiger partial charge in [-0.3, -0.25) is 9.59 Å². The Morgan fingerprint density at radius 2 is 1.50 bits per heavy atom. The molecule has 0 aromatic rings. The maximum absolute atomic E-state index is 11.9. The first-order valence-electron chi connectivity index (χ1n) is 6.94. The summed E-state index contributed by atoms with van der Waals surface area (Å²) in [5, 5.41) is 0. The second-order valence-corrected chi connectivity index (χ2v) is 4.48. The van der Waals surface area contributed by atoms with Crippen molar-refractivity contribution < 1.29 is 28.5 Å². The van der Waals surface area contributed by atoms with E-state index >= 15 is 0 Å². The Kier molecular flexibility index (Phi) is 10.0. The molecule has 0 bridgehead atoms. The molecule has 0 fully saturated rings.